The molecule has 0 saturated heterocycles. The number of rotatable bonds is 11. The minimum atomic E-state index is -4.05. The van der Waals surface area contributed by atoms with Crippen LogP contribution in [0.15, 0.2) is 94.3 Å². The summed E-state index contributed by atoms with van der Waals surface area (Å²) in [5, 5.41) is 2.93. The van der Waals surface area contributed by atoms with Gasteiger partial charge >= 0.3 is 0 Å². The molecule has 196 valence electrons. The molecule has 7 nitrogen and oxygen atoms in total. The van der Waals surface area contributed by atoms with Crippen LogP contribution in [0.2, 0.25) is 0 Å². The molecule has 3 rings (SSSR count). The van der Waals surface area contributed by atoms with Crippen LogP contribution in [0.4, 0.5) is 5.69 Å². The molecule has 1 N–H and O–H groups in total. The summed E-state index contributed by atoms with van der Waals surface area (Å²) in [6.45, 7) is 5.20. The van der Waals surface area contributed by atoms with Gasteiger partial charge in [0.05, 0.1) is 10.6 Å². The molecule has 0 aliphatic carbocycles. The Hall–Kier alpha value is -3.17. The molecule has 0 aliphatic rings. The zero-order chi connectivity index (χ0) is 27.0. The molecule has 0 fully saturated rings. The van der Waals surface area contributed by atoms with Crippen molar-refractivity contribution in [1.82, 2.24) is 10.2 Å². The van der Waals surface area contributed by atoms with Crippen LogP contribution in [0.3, 0.4) is 0 Å². The first-order chi connectivity index (χ1) is 17.6. The van der Waals surface area contributed by atoms with Gasteiger partial charge in [0.25, 0.3) is 10.0 Å². The van der Waals surface area contributed by atoms with Gasteiger partial charge in [0, 0.05) is 17.1 Å². The van der Waals surface area contributed by atoms with E-state index in [9.17, 15) is 18.0 Å². The average molecular weight is 587 g/mol. The molecule has 0 bridgehead atoms. The molecule has 3 aromatic rings. The molecular formula is C28H32BrN3O4S. The van der Waals surface area contributed by atoms with Crippen LogP contribution in [0, 0.1) is 0 Å². The molecule has 0 unspecified atom stereocenters. The van der Waals surface area contributed by atoms with E-state index < -0.39 is 28.5 Å². The van der Waals surface area contributed by atoms with Crippen molar-refractivity contribution in [3.8, 4) is 0 Å². The first-order valence-corrected chi connectivity index (χ1v) is 14.3. The molecule has 2 atom stereocenters. The third-order valence-electron chi connectivity index (χ3n) is 6.06. The number of hydrogen-bond acceptors (Lipinski definition) is 4. The molecule has 3 aromatic carbocycles. The maximum absolute atomic E-state index is 13.8. The lowest BCUT2D eigenvalue weighted by Crippen LogP contribution is -2.52. The first-order valence-electron chi connectivity index (χ1n) is 12.1. The van der Waals surface area contributed by atoms with Gasteiger partial charge in [-0.3, -0.25) is 13.9 Å². The Bertz CT molecular complexity index is 1300. The van der Waals surface area contributed by atoms with E-state index in [2.05, 4.69) is 21.2 Å². The van der Waals surface area contributed by atoms with E-state index in [1.807, 2.05) is 38.1 Å². The van der Waals surface area contributed by atoms with Crippen LogP contribution >= 0.6 is 15.9 Å². The number of nitrogens with zero attached hydrogens (tertiary/aromatic N) is 2. The minimum absolute atomic E-state index is 0.0583. The Labute approximate surface area is 227 Å². The molecule has 0 spiro atoms. The molecular weight excluding hydrogens is 554 g/mol. The van der Waals surface area contributed by atoms with E-state index in [1.165, 1.54) is 17.0 Å². The zero-order valence-corrected chi connectivity index (χ0v) is 23.6. The molecule has 2 amide bonds. The highest BCUT2D eigenvalue weighted by Crippen LogP contribution is 2.24. The lowest BCUT2D eigenvalue weighted by atomic mass is 10.1. The molecule has 0 radical (unpaired) electrons. The normalized spacial score (nSPS) is 12.9. The number of para-hydroxylation sites is 1. The highest BCUT2D eigenvalue weighted by Gasteiger charge is 2.32. The summed E-state index contributed by atoms with van der Waals surface area (Å²) >= 11 is 3.45. The summed E-state index contributed by atoms with van der Waals surface area (Å²) < 4.78 is 29.2. The van der Waals surface area contributed by atoms with Crippen LogP contribution < -0.4 is 9.62 Å². The van der Waals surface area contributed by atoms with Crippen LogP contribution in [-0.2, 0) is 26.2 Å². The maximum Gasteiger partial charge on any atom is 0.264 e. The molecule has 0 saturated carbocycles. The van der Waals surface area contributed by atoms with Gasteiger partial charge in [-0.15, -0.1) is 0 Å². The van der Waals surface area contributed by atoms with Crippen molar-refractivity contribution in [2.75, 3.05) is 10.8 Å². The van der Waals surface area contributed by atoms with E-state index in [0.717, 1.165) is 20.8 Å². The lowest BCUT2D eigenvalue weighted by Gasteiger charge is -2.32. The van der Waals surface area contributed by atoms with E-state index in [-0.39, 0.29) is 23.4 Å². The summed E-state index contributed by atoms with van der Waals surface area (Å²) in [6.07, 6.45) is 0.745. The van der Waals surface area contributed by atoms with Crippen molar-refractivity contribution >= 4 is 43.5 Å². The summed E-state index contributed by atoms with van der Waals surface area (Å²) in [7, 11) is -4.05. The SMILES string of the molecule is CC[C@@H](C)NC(=O)[C@@H](C)N(Cc1cccc(Br)c1)C(=O)CN(c1ccccc1)S(=O)(=O)c1ccccc1. The Morgan fingerprint density at radius 1 is 0.919 bits per heavy atom. The third kappa shape index (κ3) is 7.42. The van der Waals surface area contributed by atoms with Gasteiger partial charge in [0.2, 0.25) is 11.8 Å². The smallest absolute Gasteiger partial charge is 0.264 e. The largest absolute Gasteiger partial charge is 0.352 e. The number of anilines is 1. The topological polar surface area (TPSA) is 86.8 Å². The van der Waals surface area contributed by atoms with Gasteiger partial charge in [0.1, 0.15) is 12.6 Å². The number of benzene rings is 3. The standard InChI is InChI=1S/C28H32BrN3O4S/c1-4-21(2)30-28(34)22(3)31(19-23-12-11-13-24(29)18-23)27(33)20-32(25-14-7-5-8-15-25)37(35,36)26-16-9-6-10-17-26/h5-18,21-22H,4,19-20H2,1-3H3,(H,30,34)/t21-,22-/m1/s1. The molecule has 0 aromatic heterocycles. The number of nitrogens with one attached hydrogen (secondary N) is 1. The third-order valence-corrected chi connectivity index (χ3v) is 8.35. The number of hydrogen-bond donors (Lipinski definition) is 1. The monoisotopic (exact) mass is 585 g/mol. The van der Waals surface area contributed by atoms with Crippen LogP contribution in [0.5, 0.6) is 0 Å². The number of carbonyl (C=O) groups is 2. The summed E-state index contributed by atoms with van der Waals surface area (Å²) in [5.41, 5.74) is 1.17. The number of carbonyl (C=O) groups excluding carboxylic acids is 2. The van der Waals surface area contributed by atoms with E-state index in [1.54, 1.807) is 55.5 Å². The highest BCUT2D eigenvalue weighted by molar-refractivity contribution is 9.10. The van der Waals surface area contributed by atoms with E-state index in [4.69, 9.17) is 0 Å². The quantitative estimate of drug-likeness (QED) is 0.344. The van der Waals surface area contributed by atoms with Crippen molar-refractivity contribution in [1.29, 1.82) is 0 Å². The Kier molecular flexibility index (Phi) is 9.88. The van der Waals surface area contributed by atoms with Gasteiger partial charge < -0.3 is 10.2 Å². The van der Waals surface area contributed by atoms with Crippen molar-refractivity contribution < 1.29 is 18.0 Å². The van der Waals surface area contributed by atoms with Crippen LogP contribution in [0.25, 0.3) is 0 Å². The molecule has 0 aliphatic heterocycles. The fourth-order valence-corrected chi connectivity index (χ4v) is 5.60. The minimum Gasteiger partial charge on any atom is -0.352 e. The average Bonchev–Trinajstić information content (AvgIpc) is 2.90. The van der Waals surface area contributed by atoms with E-state index in [0.29, 0.717) is 5.69 Å². The lowest BCUT2D eigenvalue weighted by molar-refractivity contribution is -0.139. The molecule has 0 heterocycles. The van der Waals surface area contributed by atoms with Gasteiger partial charge in [-0.1, -0.05) is 71.4 Å². The number of halogens is 1. The second-order valence-corrected chi connectivity index (χ2v) is 11.6. The predicted molar refractivity (Wildman–Crippen MR) is 149 cm³/mol. The predicted octanol–water partition coefficient (Wildman–Crippen LogP) is 4.98. The number of sulfonamides is 1. The van der Waals surface area contributed by atoms with Gasteiger partial charge in [0.15, 0.2) is 0 Å². The first kappa shape index (κ1) is 28.4. The fraction of sp³-hybridized carbons (Fsp3) is 0.286. The summed E-state index contributed by atoms with van der Waals surface area (Å²) in [6, 6.07) is 23.1. The molecule has 37 heavy (non-hydrogen) atoms. The fourth-order valence-electron chi connectivity index (χ4n) is 3.72. The van der Waals surface area contributed by atoms with Crippen molar-refractivity contribution in [3.63, 3.8) is 0 Å². The van der Waals surface area contributed by atoms with Crippen molar-refractivity contribution in [2.24, 2.45) is 0 Å². The second-order valence-electron chi connectivity index (χ2n) is 8.81. The van der Waals surface area contributed by atoms with Crippen LogP contribution in [0.1, 0.15) is 32.8 Å². The van der Waals surface area contributed by atoms with Gasteiger partial charge in [-0.25, -0.2) is 8.42 Å². The number of amides is 2. The van der Waals surface area contributed by atoms with Crippen molar-refractivity contribution in [3.05, 3.63) is 95.0 Å². The molecule has 9 heteroatoms. The van der Waals surface area contributed by atoms with E-state index >= 15 is 0 Å². The van der Waals surface area contributed by atoms with Gasteiger partial charge in [-0.2, -0.15) is 0 Å². The Morgan fingerprint density at radius 3 is 2.14 bits per heavy atom. The van der Waals surface area contributed by atoms with Crippen LogP contribution in [-0.4, -0.2) is 43.8 Å². The second kappa shape index (κ2) is 12.9. The summed E-state index contributed by atoms with van der Waals surface area (Å²) in [5.74, 6) is -0.787. The highest BCUT2D eigenvalue weighted by atomic mass is 79.9. The summed E-state index contributed by atoms with van der Waals surface area (Å²) in [4.78, 5) is 28.4. The van der Waals surface area contributed by atoms with Gasteiger partial charge in [-0.05, 0) is 62.2 Å². The zero-order valence-electron chi connectivity index (χ0n) is 21.2. The van der Waals surface area contributed by atoms with Crippen molar-refractivity contribution in [2.45, 2.75) is 50.7 Å². The Morgan fingerprint density at radius 2 is 1.54 bits per heavy atom. The Balaban J connectivity index is 1.99. The maximum atomic E-state index is 13.8.